The molecule has 0 aliphatic heterocycles. The number of nitrogens with two attached hydrogens (primary N) is 1. The van der Waals surface area contributed by atoms with Crippen LogP contribution in [0.1, 0.15) is 18.4 Å². The number of aliphatic carboxylic acids is 1. The summed E-state index contributed by atoms with van der Waals surface area (Å²) in [5.74, 6) is -0.934. The first-order valence-electron chi connectivity index (χ1n) is 4.95. The number of hydrogen-bond acceptors (Lipinski definition) is 3. The van der Waals surface area contributed by atoms with Crippen LogP contribution in [-0.4, -0.2) is 22.2 Å². The molecule has 16 heavy (non-hydrogen) atoms. The zero-order valence-corrected chi connectivity index (χ0v) is 10.1. The minimum atomic E-state index is -1.03. The molecule has 5 heteroatoms. The van der Waals surface area contributed by atoms with Crippen molar-refractivity contribution in [3.8, 4) is 5.75 Å². The molecule has 86 valence electrons. The Labute approximate surface area is 101 Å². The number of carboxylic acids is 1. The molecule has 1 saturated carbocycles. The van der Waals surface area contributed by atoms with Gasteiger partial charge in [-0.15, -0.1) is 0 Å². The van der Waals surface area contributed by atoms with Crippen molar-refractivity contribution in [1.82, 2.24) is 0 Å². The second-order valence-corrected chi connectivity index (χ2v) is 4.96. The first-order chi connectivity index (χ1) is 7.49. The molecule has 1 atom stereocenters. The van der Waals surface area contributed by atoms with E-state index in [1.807, 2.05) is 0 Å². The Hall–Kier alpha value is -1.07. The monoisotopic (exact) mass is 285 g/mol. The Morgan fingerprint density at radius 3 is 2.56 bits per heavy atom. The maximum Gasteiger partial charge on any atom is 0.321 e. The van der Waals surface area contributed by atoms with Gasteiger partial charge in [-0.1, -0.05) is 22.0 Å². The lowest BCUT2D eigenvalue weighted by molar-refractivity contribution is -0.139. The molecule has 0 saturated heterocycles. The summed E-state index contributed by atoms with van der Waals surface area (Å²) in [7, 11) is 0. The molecule has 4 N–H and O–H groups in total. The van der Waals surface area contributed by atoms with E-state index in [1.165, 1.54) is 0 Å². The van der Waals surface area contributed by atoms with Crippen LogP contribution >= 0.6 is 15.9 Å². The predicted octanol–water partition coefficient (Wildman–Crippen LogP) is 1.60. The van der Waals surface area contributed by atoms with Crippen molar-refractivity contribution in [3.05, 3.63) is 28.2 Å². The van der Waals surface area contributed by atoms with Gasteiger partial charge in [-0.05, 0) is 25.0 Å². The van der Waals surface area contributed by atoms with E-state index >= 15 is 0 Å². The maximum atomic E-state index is 11.0. The number of rotatable bonds is 3. The third-order valence-corrected chi connectivity index (χ3v) is 3.80. The van der Waals surface area contributed by atoms with Crippen LogP contribution in [0.25, 0.3) is 0 Å². The highest BCUT2D eigenvalue weighted by Gasteiger charge is 2.54. The highest BCUT2D eigenvalue weighted by atomic mass is 79.9. The standard InChI is InChI=1S/C11H12BrNO3/c12-6-2-1-3-7(14)8(6)11(4-5-11)9(13)10(15)16/h1-3,9,14H,4-5,13H2,(H,15,16). The molecular weight excluding hydrogens is 274 g/mol. The largest absolute Gasteiger partial charge is 0.508 e. The number of phenolic OH excluding ortho intramolecular Hbond substituents is 1. The Bertz CT molecular complexity index is 423. The van der Waals surface area contributed by atoms with Gasteiger partial charge in [0.1, 0.15) is 11.8 Å². The molecule has 0 amide bonds. The van der Waals surface area contributed by atoms with Gasteiger partial charge < -0.3 is 15.9 Å². The quantitative estimate of drug-likeness (QED) is 0.788. The van der Waals surface area contributed by atoms with Gasteiger partial charge in [0.25, 0.3) is 0 Å². The Morgan fingerprint density at radius 1 is 1.50 bits per heavy atom. The fourth-order valence-electron chi connectivity index (χ4n) is 2.09. The first-order valence-corrected chi connectivity index (χ1v) is 5.75. The van der Waals surface area contributed by atoms with E-state index in [0.29, 0.717) is 22.9 Å². The summed E-state index contributed by atoms with van der Waals surface area (Å²) >= 11 is 3.33. The van der Waals surface area contributed by atoms with Crippen molar-refractivity contribution in [2.75, 3.05) is 0 Å². The van der Waals surface area contributed by atoms with Gasteiger partial charge in [-0.2, -0.15) is 0 Å². The molecule has 1 aromatic carbocycles. The zero-order valence-electron chi connectivity index (χ0n) is 8.48. The van der Waals surface area contributed by atoms with Gasteiger partial charge in [-0.3, -0.25) is 4.79 Å². The number of halogens is 1. The second-order valence-electron chi connectivity index (χ2n) is 4.11. The summed E-state index contributed by atoms with van der Waals surface area (Å²) in [5.41, 5.74) is 5.70. The molecular formula is C11H12BrNO3. The lowest BCUT2D eigenvalue weighted by Gasteiger charge is -2.22. The van der Waals surface area contributed by atoms with E-state index in [1.54, 1.807) is 18.2 Å². The molecule has 0 bridgehead atoms. The third-order valence-electron chi connectivity index (χ3n) is 3.14. The molecule has 0 aromatic heterocycles. The SMILES string of the molecule is NC(C(=O)O)C1(c2c(O)cccc2Br)CC1. The number of phenols is 1. The van der Waals surface area contributed by atoms with E-state index in [9.17, 15) is 9.90 Å². The van der Waals surface area contributed by atoms with Crippen molar-refractivity contribution in [2.24, 2.45) is 5.73 Å². The Balaban J connectivity index is 2.48. The van der Waals surface area contributed by atoms with Crippen molar-refractivity contribution < 1.29 is 15.0 Å². The third kappa shape index (κ3) is 1.60. The van der Waals surface area contributed by atoms with Crippen molar-refractivity contribution >= 4 is 21.9 Å². The summed E-state index contributed by atoms with van der Waals surface area (Å²) < 4.78 is 0.710. The fourth-order valence-corrected chi connectivity index (χ4v) is 2.84. The number of benzene rings is 1. The first kappa shape index (κ1) is 11.4. The van der Waals surface area contributed by atoms with Crippen LogP contribution in [0.5, 0.6) is 5.75 Å². The van der Waals surface area contributed by atoms with E-state index in [0.717, 1.165) is 0 Å². The van der Waals surface area contributed by atoms with Crippen molar-refractivity contribution in [3.63, 3.8) is 0 Å². The summed E-state index contributed by atoms with van der Waals surface area (Å²) in [6, 6.07) is 4.06. The molecule has 4 nitrogen and oxygen atoms in total. The topological polar surface area (TPSA) is 83.6 Å². The van der Waals surface area contributed by atoms with Gasteiger partial charge in [-0.25, -0.2) is 0 Å². The molecule has 1 aliphatic carbocycles. The number of carbonyl (C=O) groups is 1. The molecule has 0 spiro atoms. The summed E-state index contributed by atoms with van der Waals surface area (Å²) in [4.78, 5) is 11.0. The highest BCUT2D eigenvalue weighted by Crippen LogP contribution is 2.55. The summed E-state index contributed by atoms with van der Waals surface area (Å²) in [5, 5.41) is 18.8. The summed E-state index contributed by atoms with van der Waals surface area (Å²) in [6.07, 6.45) is 1.38. The van der Waals surface area contributed by atoms with Crippen LogP contribution < -0.4 is 5.73 Å². The lowest BCUT2D eigenvalue weighted by atomic mass is 9.88. The molecule has 1 unspecified atom stereocenters. The average Bonchev–Trinajstić information content (AvgIpc) is 2.97. The van der Waals surface area contributed by atoms with Gasteiger partial charge in [0.15, 0.2) is 0 Å². The van der Waals surface area contributed by atoms with Crippen LogP contribution in [0.3, 0.4) is 0 Å². The molecule has 2 rings (SSSR count). The molecule has 1 aliphatic rings. The van der Waals surface area contributed by atoms with Crippen LogP contribution in [0.15, 0.2) is 22.7 Å². The number of aromatic hydroxyl groups is 1. The molecule has 0 heterocycles. The van der Waals surface area contributed by atoms with Crippen LogP contribution in [-0.2, 0) is 10.2 Å². The van der Waals surface area contributed by atoms with Gasteiger partial charge in [0.05, 0.1) is 0 Å². The zero-order chi connectivity index (χ0) is 11.9. The minimum absolute atomic E-state index is 0.101. The van der Waals surface area contributed by atoms with Crippen LogP contribution in [0, 0.1) is 0 Å². The van der Waals surface area contributed by atoms with Gasteiger partial charge in [0, 0.05) is 15.5 Å². The van der Waals surface area contributed by atoms with Crippen molar-refractivity contribution in [2.45, 2.75) is 24.3 Å². The van der Waals surface area contributed by atoms with E-state index in [-0.39, 0.29) is 5.75 Å². The lowest BCUT2D eigenvalue weighted by Crippen LogP contribution is -2.42. The average molecular weight is 286 g/mol. The van der Waals surface area contributed by atoms with Crippen LogP contribution in [0.4, 0.5) is 0 Å². The summed E-state index contributed by atoms with van der Waals surface area (Å²) in [6.45, 7) is 0. The maximum absolute atomic E-state index is 11.0. The van der Waals surface area contributed by atoms with Gasteiger partial charge >= 0.3 is 5.97 Å². The smallest absolute Gasteiger partial charge is 0.321 e. The van der Waals surface area contributed by atoms with Gasteiger partial charge in [0.2, 0.25) is 0 Å². The molecule has 1 fully saturated rings. The number of carboxylic acid groups (broad SMARTS) is 1. The van der Waals surface area contributed by atoms with E-state index < -0.39 is 17.4 Å². The number of hydrogen-bond donors (Lipinski definition) is 3. The van der Waals surface area contributed by atoms with E-state index in [2.05, 4.69) is 15.9 Å². The second kappa shape index (κ2) is 3.75. The molecule has 0 radical (unpaired) electrons. The minimum Gasteiger partial charge on any atom is -0.508 e. The molecule has 1 aromatic rings. The fraction of sp³-hybridized carbons (Fsp3) is 0.364. The Morgan fingerprint density at radius 2 is 2.12 bits per heavy atom. The normalized spacial score (nSPS) is 19.1. The highest BCUT2D eigenvalue weighted by molar-refractivity contribution is 9.10. The van der Waals surface area contributed by atoms with Crippen LogP contribution in [0.2, 0.25) is 0 Å². The Kier molecular flexibility index (Phi) is 2.67. The predicted molar refractivity (Wildman–Crippen MR) is 62.3 cm³/mol. The van der Waals surface area contributed by atoms with Crippen molar-refractivity contribution in [1.29, 1.82) is 0 Å². The van der Waals surface area contributed by atoms with E-state index in [4.69, 9.17) is 10.8 Å².